The van der Waals surface area contributed by atoms with E-state index in [-0.39, 0.29) is 0 Å². The highest BCUT2D eigenvalue weighted by atomic mass is 16.6. The van der Waals surface area contributed by atoms with Crippen molar-refractivity contribution in [2.75, 3.05) is 0 Å². The number of rotatable bonds is 3. The molecule has 0 radical (unpaired) electrons. The topological polar surface area (TPSA) is 43.4 Å². The van der Waals surface area contributed by atoms with Gasteiger partial charge < -0.3 is 8.83 Å². The van der Waals surface area contributed by atoms with E-state index < -0.39 is 5.82 Å². The molecule has 0 fully saturated rings. The van der Waals surface area contributed by atoms with Gasteiger partial charge in [-0.3, -0.25) is 0 Å². The third-order valence-electron chi connectivity index (χ3n) is 4.24. The third kappa shape index (κ3) is 2.44. The van der Waals surface area contributed by atoms with Gasteiger partial charge in [-0.15, -0.1) is 0 Å². The molecule has 1 aromatic heterocycles. The standard InChI is InChI=1S/C21H16O3/c1-2-14-8-10-16(11-9-14)18-13-12-17(15-6-4-3-5-7-15)19-20(18)24-21(22)23-19/h3-13H,2H2,1H3. The molecule has 118 valence electrons. The molecular formula is C21H16O3. The highest BCUT2D eigenvalue weighted by molar-refractivity contribution is 5.98. The van der Waals surface area contributed by atoms with E-state index in [4.69, 9.17) is 8.83 Å². The van der Waals surface area contributed by atoms with E-state index in [1.807, 2.05) is 54.6 Å². The molecule has 0 aliphatic rings. The number of hydrogen-bond acceptors (Lipinski definition) is 3. The van der Waals surface area contributed by atoms with Crippen LogP contribution in [0.1, 0.15) is 12.5 Å². The van der Waals surface area contributed by atoms with Gasteiger partial charge in [-0.05, 0) is 35.2 Å². The van der Waals surface area contributed by atoms with Crippen LogP contribution < -0.4 is 5.82 Å². The molecule has 3 heteroatoms. The van der Waals surface area contributed by atoms with Crippen molar-refractivity contribution < 1.29 is 8.83 Å². The van der Waals surface area contributed by atoms with Gasteiger partial charge in [0.15, 0.2) is 11.2 Å². The van der Waals surface area contributed by atoms with Crippen molar-refractivity contribution in [2.24, 2.45) is 0 Å². The summed E-state index contributed by atoms with van der Waals surface area (Å²) in [6.45, 7) is 2.12. The van der Waals surface area contributed by atoms with Gasteiger partial charge in [0, 0.05) is 11.1 Å². The summed E-state index contributed by atoms with van der Waals surface area (Å²) >= 11 is 0. The quantitative estimate of drug-likeness (QED) is 0.516. The van der Waals surface area contributed by atoms with Crippen molar-refractivity contribution in [2.45, 2.75) is 13.3 Å². The molecule has 3 nitrogen and oxygen atoms in total. The fourth-order valence-corrected chi connectivity index (χ4v) is 2.95. The average molecular weight is 316 g/mol. The fourth-order valence-electron chi connectivity index (χ4n) is 2.95. The molecule has 0 N–H and O–H groups in total. The Morgan fingerprint density at radius 2 is 1.25 bits per heavy atom. The molecule has 0 bridgehead atoms. The maximum Gasteiger partial charge on any atom is 0.519 e. The van der Waals surface area contributed by atoms with Crippen LogP contribution in [0.15, 0.2) is 80.4 Å². The van der Waals surface area contributed by atoms with Crippen LogP contribution in [0.2, 0.25) is 0 Å². The predicted octanol–water partition coefficient (Wildman–Crippen LogP) is 5.28. The molecular weight excluding hydrogens is 300 g/mol. The predicted molar refractivity (Wildman–Crippen MR) is 95.0 cm³/mol. The molecule has 0 saturated carbocycles. The third-order valence-corrected chi connectivity index (χ3v) is 4.24. The zero-order valence-electron chi connectivity index (χ0n) is 13.3. The van der Waals surface area contributed by atoms with Gasteiger partial charge in [0.2, 0.25) is 0 Å². The number of aryl methyl sites for hydroxylation is 1. The zero-order valence-corrected chi connectivity index (χ0v) is 13.3. The van der Waals surface area contributed by atoms with Crippen LogP contribution in [0.25, 0.3) is 33.4 Å². The second-order valence-corrected chi connectivity index (χ2v) is 5.69. The Kier molecular flexibility index (Phi) is 3.54. The van der Waals surface area contributed by atoms with Gasteiger partial charge in [-0.1, -0.05) is 61.5 Å². The summed E-state index contributed by atoms with van der Waals surface area (Å²) < 4.78 is 10.7. The molecule has 1 heterocycles. The summed E-state index contributed by atoms with van der Waals surface area (Å²) in [5.74, 6) is -0.681. The monoisotopic (exact) mass is 316 g/mol. The molecule has 4 rings (SSSR count). The van der Waals surface area contributed by atoms with Crippen LogP contribution in [0.4, 0.5) is 0 Å². The second kappa shape index (κ2) is 5.85. The molecule has 0 atom stereocenters. The van der Waals surface area contributed by atoms with Gasteiger partial charge in [-0.2, -0.15) is 0 Å². The first-order valence-corrected chi connectivity index (χ1v) is 7.97. The summed E-state index contributed by atoms with van der Waals surface area (Å²) in [7, 11) is 0. The summed E-state index contributed by atoms with van der Waals surface area (Å²) in [6.07, 6.45) is 0.990. The van der Waals surface area contributed by atoms with E-state index in [2.05, 4.69) is 19.1 Å². The lowest BCUT2D eigenvalue weighted by molar-refractivity contribution is 0.410. The van der Waals surface area contributed by atoms with Crippen molar-refractivity contribution in [1.82, 2.24) is 0 Å². The smallest absolute Gasteiger partial charge is 0.390 e. The molecule has 0 unspecified atom stereocenters. The fraction of sp³-hybridized carbons (Fsp3) is 0.0952. The van der Waals surface area contributed by atoms with Crippen molar-refractivity contribution in [3.63, 3.8) is 0 Å². The van der Waals surface area contributed by atoms with Crippen molar-refractivity contribution in [3.8, 4) is 22.3 Å². The first kappa shape index (κ1) is 14.5. The Labute approximate surface area is 139 Å². The zero-order chi connectivity index (χ0) is 16.5. The van der Waals surface area contributed by atoms with E-state index in [0.29, 0.717) is 11.2 Å². The summed E-state index contributed by atoms with van der Waals surface area (Å²) in [4.78, 5) is 11.7. The number of fused-ring (bicyclic) bond motifs is 1. The second-order valence-electron chi connectivity index (χ2n) is 5.69. The lowest BCUT2D eigenvalue weighted by Crippen LogP contribution is -1.85. The highest BCUT2D eigenvalue weighted by Crippen LogP contribution is 2.35. The summed E-state index contributed by atoms with van der Waals surface area (Å²) in [6, 6.07) is 22.0. The normalized spacial score (nSPS) is 11.0. The van der Waals surface area contributed by atoms with E-state index in [9.17, 15) is 4.79 Å². The molecule has 0 aliphatic heterocycles. The van der Waals surface area contributed by atoms with Crippen LogP contribution >= 0.6 is 0 Å². The first-order chi connectivity index (χ1) is 11.8. The molecule has 0 aliphatic carbocycles. The van der Waals surface area contributed by atoms with E-state index in [0.717, 1.165) is 28.7 Å². The van der Waals surface area contributed by atoms with Crippen molar-refractivity contribution in [3.05, 3.63) is 82.9 Å². The highest BCUT2D eigenvalue weighted by Gasteiger charge is 2.16. The Balaban J connectivity index is 1.94. The van der Waals surface area contributed by atoms with E-state index in [1.165, 1.54) is 5.56 Å². The Morgan fingerprint density at radius 3 is 1.79 bits per heavy atom. The molecule has 0 amide bonds. The van der Waals surface area contributed by atoms with Gasteiger partial charge in [-0.25, -0.2) is 4.79 Å². The lowest BCUT2D eigenvalue weighted by atomic mass is 9.98. The van der Waals surface area contributed by atoms with Gasteiger partial charge in [0.1, 0.15) is 0 Å². The molecule has 0 spiro atoms. The summed E-state index contributed by atoms with van der Waals surface area (Å²) in [5, 5.41) is 0. The van der Waals surface area contributed by atoms with Gasteiger partial charge >= 0.3 is 5.82 Å². The maximum absolute atomic E-state index is 11.7. The van der Waals surface area contributed by atoms with E-state index in [1.54, 1.807) is 0 Å². The Bertz CT molecular complexity index is 1040. The van der Waals surface area contributed by atoms with Crippen molar-refractivity contribution >= 4 is 11.2 Å². The minimum Gasteiger partial charge on any atom is -0.390 e. The largest absolute Gasteiger partial charge is 0.519 e. The van der Waals surface area contributed by atoms with Crippen LogP contribution in [0, 0.1) is 0 Å². The molecule has 0 saturated heterocycles. The van der Waals surface area contributed by atoms with Crippen LogP contribution in [0.5, 0.6) is 0 Å². The van der Waals surface area contributed by atoms with Crippen LogP contribution in [-0.2, 0) is 6.42 Å². The molecule has 4 aromatic rings. The van der Waals surface area contributed by atoms with Gasteiger partial charge in [0.25, 0.3) is 0 Å². The first-order valence-electron chi connectivity index (χ1n) is 7.97. The number of benzene rings is 3. The SMILES string of the molecule is CCc1ccc(-c2ccc(-c3ccccc3)c3oc(=O)oc23)cc1. The Hall–Kier alpha value is -3.07. The van der Waals surface area contributed by atoms with Crippen LogP contribution in [0.3, 0.4) is 0 Å². The lowest BCUT2D eigenvalue weighted by Gasteiger charge is -2.06. The summed E-state index contributed by atoms with van der Waals surface area (Å²) in [5.41, 5.74) is 5.95. The minimum atomic E-state index is -0.681. The van der Waals surface area contributed by atoms with Crippen LogP contribution in [-0.4, -0.2) is 0 Å². The van der Waals surface area contributed by atoms with Crippen molar-refractivity contribution in [1.29, 1.82) is 0 Å². The molecule has 24 heavy (non-hydrogen) atoms. The number of hydrogen-bond donors (Lipinski definition) is 0. The molecule has 3 aromatic carbocycles. The minimum absolute atomic E-state index is 0.489. The van der Waals surface area contributed by atoms with E-state index >= 15 is 0 Å². The average Bonchev–Trinajstić information content (AvgIpc) is 3.03. The van der Waals surface area contributed by atoms with Gasteiger partial charge in [0.05, 0.1) is 0 Å². The maximum atomic E-state index is 11.7. The Morgan fingerprint density at radius 1 is 0.708 bits per heavy atom.